The van der Waals surface area contributed by atoms with Gasteiger partial charge in [-0.2, -0.15) is 0 Å². The van der Waals surface area contributed by atoms with Gasteiger partial charge in [0.1, 0.15) is 12.1 Å². The number of benzene rings is 1. The molecule has 1 aromatic carbocycles. The summed E-state index contributed by atoms with van der Waals surface area (Å²) in [4.78, 5) is 38.3. The van der Waals surface area contributed by atoms with Crippen molar-refractivity contribution in [3.63, 3.8) is 0 Å². The third-order valence-electron chi connectivity index (χ3n) is 5.63. The number of imide groups is 1. The fourth-order valence-electron chi connectivity index (χ4n) is 3.97. The van der Waals surface area contributed by atoms with Crippen LogP contribution in [-0.4, -0.2) is 45.1 Å². The fraction of sp³-hybridized carbons (Fsp3) is 0.450. The van der Waals surface area contributed by atoms with Crippen LogP contribution < -0.4 is 5.32 Å². The smallest absolute Gasteiger partial charge is 0.326 e. The molecule has 1 aliphatic heterocycles. The molecule has 1 aliphatic carbocycles. The number of ether oxygens (including phenoxy) is 1. The second-order valence-corrected chi connectivity index (χ2v) is 7.47. The SMILES string of the molecule is C[C@H]1CCCC[C@@]12NC(=O)N(CC(=O)OCc1nnc(-c3ccccc3)o1)C2=O. The summed E-state index contributed by atoms with van der Waals surface area (Å²) in [6, 6.07) is 8.65. The topological polar surface area (TPSA) is 115 Å². The first-order chi connectivity index (χ1) is 14.0. The van der Waals surface area contributed by atoms with Crippen LogP contribution in [0.5, 0.6) is 0 Å². The highest BCUT2D eigenvalue weighted by Gasteiger charge is 2.55. The van der Waals surface area contributed by atoms with E-state index in [-0.39, 0.29) is 24.3 Å². The number of urea groups is 1. The highest BCUT2D eigenvalue weighted by molar-refractivity contribution is 6.08. The van der Waals surface area contributed by atoms with Gasteiger partial charge in [0.2, 0.25) is 5.89 Å². The fourth-order valence-corrected chi connectivity index (χ4v) is 3.97. The van der Waals surface area contributed by atoms with Crippen molar-refractivity contribution in [1.29, 1.82) is 0 Å². The minimum atomic E-state index is -0.896. The number of amides is 3. The Hall–Kier alpha value is -3.23. The first kappa shape index (κ1) is 19.1. The summed E-state index contributed by atoms with van der Waals surface area (Å²) < 4.78 is 10.6. The molecule has 2 aliphatic rings. The van der Waals surface area contributed by atoms with E-state index >= 15 is 0 Å². The zero-order valence-corrected chi connectivity index (χ0v) is 16.1. The maximum absolute atomic E-state index is 12.9. The number of rotatable bonds is 5. The van der Waals surface area contributed by atoms with E-state index in [9.17, 15) is 14.4 Å². The summed E-state index contributed by atoms with van der Waals surface area (Å²) in [7, 11) is 0. The van der Waals surface area contributed by atoms with E-state index in [1.54, 1.807) is 0 Å². The number of carbonyl (C=O) groups excluding carboxylic acids is 3. The van der Waals surface area contributed by atoms with Gasteiger partial charge in [-0.05, 0) is 30.9 Å². The van der Waals surface area contributed by atoms with Crippen LogP contribution in [0, 0.1) is 5.92 Å². The standard InChI is InChI=1S/C20H22N4O5/c1-13-7-5-6-10-20(13)18(26)24(19(27)21-20)11-16(25)28-12-15-22-23-17(29-15)14-8-3-2-4-9-14/h2-4,8-9,13H,5-7,10-12H2,1H3,(H,21,27)/t13-,20+/m0/s1. The lowest BCUT2D eigenvalue weighted by atomic mass is 9.73. The highest BCUT2D eigenvalue weighted by Crippen LogP contribution is 2.38. The molecular formula is C20H22N4O5. The molecule has 9 heteroatoms. The van der Waals surface area contributed by atoms with Gasteiger partial charge >= 0.3 is 12.0 Å². The molecule has 0 radical (unpaired) electrons. The average Bonchev–Trinajstić information content (AvgIpc) is 3.29. The summed E-state index contributed by atoms with van der Waals surface area (Å²) in [5, 5.41) is 10.6. The van der Waals surface area contributed by atoms with Gasteiger partial charge in [-0.15, -0.1) is 10.2 Å². The van der Waals surface area contributed by atoms with Crippen LogP contribution in [0.25, 0.3) is 11.5 Å². The quantitative estimate of drug-likeness (QED) is 0.607. The minimum Gasteiger partial charge on any atom is -0.454 e. The Morgan fingerprint density at radius 3 is 2.83 bits per heavy atom. The first-order valence-electron chi connectivity index (χ1n) is 9.67. The molecule has 1 aromatic heterocycles. The van der Waals surface area contributed by atoms with E-state index in [1.165, 1.54) is 0 Å². The molecule has 2 fully saturated rings. The lowest BCUT2D eigenvalue weighted by Gasteiger charge is -2.36. The molecule has 2 atom stereocenters. The highest BCUT2D eigenvalue weighted by atomic mass is 16.5. The van der Waals surface area contributed by atoms with E-state index in [1.807, 2.05) is 37.3 Å². The number of nitrogens with one attached hydrogen (secondary N) is 1. The summed E-state index contributed by atoms with van der Waals surface area (Å²) in [6.07, 6.45) is 3.36. The van der Waals surface area contributed by atoms with Gasteiger partial charge in [0.15, 0.2) is 6.61 Å². The molecule has 1 saturated carbocycles. The van der Waals surface area contributed by atoms with Crippen LogP contribution in [0.3, 0.4) is 0 Å². The molecule has 1 N–H and O–H groups in total. The van der Waals surface area contributed by atoms with Crippen LogP contribution >= 0.6 is 0 Å². The Labute approximate surface area is 167 Å². The summed E-state index contributed by atoms with van der Waals surface area (Å²) >= 11 is 0. The molecule has 2 aromatic rings. The van der Waals surface area contributed by atoms with E-state index < -0.39 is 24.1 Å². The molecule has 152 valence electrons. The average molecular weight is 398 g/mol. The summed E-state index contributed by atoms with van der Waals surface area (Å²) in [5.74, 6) is -0.585. The summed E-state index contributed by atoms with van der Waals surface area (Å²) in [5.41, 5.74) is -0.143. The third-order valence-corrected chi connectivity index (χ3v) is 5.63. The van der Waals surface area contributed by atoms with Gasteiger partial charge < -0.3 is 14.5 Å². The van der Waals surface area contributed by atoms with E-state index in [0.29, 0.717) is 12.3 Å². The number of aromatic nitrogens is 2. The first-order valence-corrected chi connectivity index (χ1v) is 9.67. The van der Waals surface area contributed by atoms with Crippen molar-refractivity contribution in [1.82, 2.24) is 20.4 Å². The Morgan fingerprint density at radius 2 is 2.07 bits per heavy atom. The summed E-state index contributed by atoms with van der Waals surface area (Å²) in [6.45, 7) is 1.28. The molecule has 1 spiro atoms. The van der Waals surface area contributed by atoms with Gasteiger partial charge in [-0.25, -0.2) is 4.79 Å². The molecule has 29 heavy (non-hydrogen) atoms. The van der Waals surface area contributed by atoms with Crippen molar-refractivity contribution in [2.45, 2.75) is 44.8 Å². The maximum Gasteiger partial charge on any atom is 0.326 e. The van der Waals surface area contributed by atoms with Gasteiger partial charge in [0, 0.05) is 5.56 Å². The molecule has 4 rings (SSSR count). The monoisotopic (exact) mass is 398 g/mol. The Morgan fingerprint density at radius 1 is 1.28 bits per heavy atom. The molecular weight excluding hydrogens is 376 g/mol. The minimum absolute atomic E-state index is 0.0310. The van der Waals surface area contributed by atoms with Crippen molar-refractivity contribution in [2.24, 2.45) is 5.92 Å². The lowest BCUT2D eigenvalue weighted by molar-refractivity contribution is -0.150. The Balaban J connectivity index is 1.35. The predicted molar refractivity (Wildman–Crippen MR) is 100 cm³/mol. The molecule has 9 nitrogen and oxygen atoms in total. The van der Waals surface area contributed by atoms with Crippen molar-refractivity contribution in [3.05, 3.63) is 36.2 Å². The van der Waals surface area contributed by atoms with E-state index in [4.69, 9.17) is 9.15 Å². The lowest BCUT2D eigenvalue weighted by Crippen LogP contribution is -2.54. The van der Waals surface area contributed by atoms with E-state index in [2.05, 4.69) is 15.5 Å². The number of hydrogen-bond acceptors (Lipinski definition) is 7. The maximum atomic E-state index is 12.9. The second kappa shape index (κ2) is 7.65. The van der Waals surface area contributed by atoms with Crippen LogP contribution in [0.2, 0.25) is 0 Å². The van der Waals surface area contributed by atoms with Crippen molar-refractivity contribution in [3.8, 4) is 11.5 Å². The molecule has 3 amide bonds. The molecule has 0 bridgehead atoms. The van der Waals surface area contributed by atoms with Gasteiger partial charge in [0.25, 0.3) is 11.8 Å². The van der Waals surface area contributed by atoms with Crippen LogP contribution in [0.1, 0.15) is 38.5 Å². The zero-order chi connectivity index (χ0) is 20.4. The van der Waals surface area contributed by atoms with Crippen LogP contribution in [0.4, 0.5) is 4.79 Å². The second-order valence-electron chi connectivity index (χ2n) is 7.47. The van der Waals surface area contributed by atoms with Crippen molar-refractivity contribution >= 4 is 17.9 Å². The number of esters is 1. The normalized spacial score (nSPS) is 24.0. The zero-order valence-electron chi connectivity index (χ0n) is 16.1. The molecule has 0 unspecified atom stereocenters. The van der Waals surface area contributed by atoms with Crippen molar-refractivity contribution in [2.75, 3.05) is 6.54 Å². The van der Waals surface area contributed by atoms with Gasteiger partial charge in [0.05, 0.1) is 0 Å². The largest absolute Gasteiger partial charge is 0.454 e. The number of nitrogens with zero attached hydrogens (tertiary/aromatic N) is 3. The van der Waals surface area contributed by atoms with Crippen LogP contribution in [0.15, 0.2) is 34.7 Å². The number of carbonyl (C=O) groups is 3. The third kappa shape index (κ3) is 3.59. The Kier molecular flexibility index (Phi) is 5.04. The van der Waals surface area contributed by atoms with Crippen molar-refractivity contribution < 1.29 is 23.5 Å². The van der Waals surface area contributed by atoms with Gasteiger partial charge in [-0.3, -0.25) is 14.5 Å². The van der Waals surface area contributed by atoms with Gasteiger partial charge in [-0.1, -0.05) is 38.0 Å². The predicted octanol–water partition coefficient (Wildman–Crippen LogP) is 2.28. The van der Waals surface area contributed by atoms with E-state index in [0.717, 1.165) is 29.7 Å². The number of hydrogen-bond donors (Lipinski definition) is 1. The van der Waals surface area contributed by atoms with Crippen LogP contribution in [-0.2, 0) is 20.9 Å². The molecule has 1 saturated heterocycles. The Bertz CT molecular complexity index is 928. The molecule has 2 heterocycles.